The van der Waals surface area contributed by atoms with E-state index in [1.165, 1.54) is 11.3 Å². The van der Waals surface area contributed by atoms with Gasteiger partial charge in [-0.05, 0) is 38.5 Å². The summed E-state index contributed by atoms with van der Waals surface area (Å²) in [4.78, 5) is 1.87. The van der Waals surface area contributed by atoms with Crippen molar-refractivity contribution in [3.8, 4) is 11.5 Å². The molecule has 6 nitrogen and oxygen atoms in total. The Morgan fingerprint density at radius 3 is 2.52 bits per heavy atom. The number of anilines is 1. The Balaban J connectivity index is 1.90. The number of nitrogens with zero attached hydrogens (tertiary/aromatic N) is 2. The van der Waals surface area contributed by atoms with Gasteiger partial charge in [-0.15, -0.1) is 16.4 Å². The quantitative estimate of drug-likeness (QED) is 0.779. The zero-order valence-electron chi connectivity index (χ0n) is 12.8. The van der Waals surface area contributed by atoms with E-state index in [-0.39, 0.29) is 16.8 Å². The first-order chi connectivity index (χ1) is 10.9. The van der Waals surface area contributed by atoms with Gasteiger partial charge in [-0.3, -0.25) is 0 Å². The first-order valence-corrected chi connectivity index (χ1v) is 9.16. The Bertz CT molecular complexity index is 958. The fourth-order valence-corrected chi connectivity index (χ4v) is 4.71. The number of nitrogens with one attached hydrogen (secondary N) is 1. The van der Waals surface area contributed by atoms with Gasteiger partial charge in [0.2, 0.25) is 5.89 Å². The van der Waals surface area contributed by atoms with Gasteiger partial charge in [0.15, 0.2) is 0 Å². The first kappa shape index (κ1) is 15.7. The minimum atomic E-state index is -3.74. The molecule has 1 N–H and O–H groups in total. The lowest BCUT2D eigenvalue weighted by Gasteiger charge is -2.03. The number of benzene rings is 1. The summed E-state index contributed by atoms with van der Waals surface area (Å²) in [6, 6.07) is 9.00. The Kier molecular flexibility index (Phi) is 3.95. The van der Waals surface area contributed by atoms with Crippen LogP contribution in [0.25, 0.3) is 11.5 Å². The van der Waals surface area contributed by atoms with Gasteiger partial charge in [-0.1, -0.05) is 23.3 Å². The number of hydrogen-bond acceptors (Lipinski definition) is 6. The van der Waals surface area contributed by atoms with Gasteiger partial charge in [-0.2, -0.15) is 0 Å². The molecule has 0 unspecified atom stereocenters. The summed E-state index contributed by atoms with van der Waals surface area (Å²) < 4.78 is 32.6. The number of rotatable bonds is 4. The highest BCUT2D eigenvalue weighted by molar-refractivity contribution is 7.92. The molecule has 0 saturated heterocycles. The molecule has 2 aromatic heterocycles. The monoisotopic (exact) mass is 349 g/mol. The van der Waals surface area contributed by atoms with Crippen molar-refractivity contribution in [2.45, 2.75) is 25.7 Å². The summed E-state index contributed by atoms with van der Waals surface area (Å²) in [6.45, 7) is 5.54. The lowest BCUT2D eigenvalue weighted by molar-refractivity contribution is 0.577. The second-order valence-electron chi connectivity index (χ2n) is 5.11. The van der Waals surface area contributed by atoms with Crippen LogP contribution in [0, 0.1) is 20.8 Å². The van der Waals surface area contributed by atoms with Crippen molar-refractivity contribution in [1.29, 1.82) is 0 Å². The molecule has 0 fully saturated rings. The summed E-state index contributed by atoms with van der Waals surface area (Å²) in [5.41, 5.74) is 1.74. The van der Waals surface area contributed by atoms with Crippen LogP contribution in [0.1, 0.15) is 15.3 Å². The van der Waals surface area contributed by atoms with Gasteiger partial charge >= 0.3 is 6.01 Å². The van der Waals surface area contributed by atoms with Gasteiger partial charge in [0, 0.05) is 15.3 Å². The van der Waals surface area contributed by atoms with Crippen LogP contribution >= 0.6 is 11.3 Å². The normalized spacial score (nSPS) is 11.6. The lowest BCUT2D eigenvalue weighted by Crippen LogP contribution is -2.13. The SMILES string of the molecule is Cc1cc(S(=O)(=O)Nc2nnc(-c3ccccc3C)o2)c(C)s1. The molecular weight excluding hydrogens is 334 g/mol. The van der Waals surface area contributed by atoms with E-state index >= 15 is 0 Å². The van der Waals surface area contributed by atoms with Crippen LogP contribution in [-0.4, -0.2) is 18.6 Å². The predicted octanol–water partition coefficient (Wildman–Crippen LogP) is 3.52. The van der Waals surface area contributed by atoms with Crippen LogP contribution < -0.4 is 4.72 Å². The third kappa shape index (κ3) is 3.13. The molecule has 0 aliphatic heterocycles. The summed E-state index contributed by atoms with van der Waals surface area (Å²) in [5.74, 6) is 0.277. The fourth-order valence-electron chi connectivity index (χ4n) is 2.23. The minimum absolute atomic E-state index is 0.147. The van der Waals surface area contributed by atoms with Crippen molar-refractivity contribution in [1.82, 2.24) is 10.2 Å². The van der Waals surface area contributed by atoms with Crippen molar-refractivity contribution in [3.05, 3.63) is 45.6 Å². The zero-order valence-corrected chi connectivity index (χ0v) is 14.5. The molecule has 0 bridgehead atoms. The maximum absolute atomic E-state index is 12.4. The molecule has 1 aromatic carbocycles. The van der Waals surface area contributed by atoms with E-state index < -0.39 is 10.0 Å². The largest absolute Gasteiger partial charge is 0.403 e. The fraction of sp³-hybridized carbons (Fsp3) is 0.200. The highest BCUT2D eigenvalue weighted by Crippen LogP contribution is 2.28. The first-order valence-electron chi connectivity index (χ1n) is 6.86. The number of hydrogen-bond donors (Lipinski definition) is 1. The second kappa shape index (κ2) is 5.78. The minimum Gasteiger partial charge on any atom is -0.403 e. The van der Waals surface area contributed by atoms with Crippen LogP contribution in [0.15, 0.2) is 39.6 Å². The third-order valence-corrected chi connectivity index (χ3v) is 5.85. The summed E-state index contributed by atoms with van der Waals surface area (Å²) in [5, 5.41) is 7.69. The summed E-state index contributed by atoms with van der Waals surface area (Å²) in [7, 11) is -3.74. The van der Waals surface area contributed by atoms with E-state index in [4.69, 9.17) is 4.42 Å². The second-order valence-corrected chi connectivity index (χ2v) is 8.22. The molecule has 120 valence electrons. The molecule has 0 radical (unpaired) electrons. The Morgan fingerprint density at radius 1 is 1.13 bits per heavy atom. The van der Waals surface area contributed by atoms with Crippen LogP contribution in [0.2, 0.25) is 0 Å². The van der Waals surface area contributed by atoms with Crippen LogP contribution in [0.3, 0.4) is 0 Å². The molecule has 0 atom stereocenters. The van der Waals surface area contributed by atoms with Crippen molar-refractivity contribution in [2.24, 2.45) is 0 Å². The molecular formula is C15H15N3O3S2. The predicted molar refractivity (Wildman–Crippen MR) is 89.1 cm³/mol. The topological polar surface area (TPSA) is 85.1 Å². The van der Waals surface area contributed by atoms with Gasteiger partial charge in [-0.25, -0.2) is 13.1 Å². The molecule has 0 saturated carbocycles. The third-order valence-electron chi connectivity index (χ3n) is 3.31. The number of aromatic nitrogens is 2. The number of aryl methyl sites for hydroxylation is 3. The number of sulfonamides is 1. The molecule has 0 amide bonds. The van der Waals surface area contributed by atoms with Crippen molar-refractivity contribution in [2.75, 3.05) is 4.72 Å². The highest BCUT2D eigenvalue weighted by Gasteiger charge is 2.22. The molecule has 0 spiro atoms. The average molecular weight is 349 g/mol. The van der Waals surface area contributed by atoms with Crippen molar-refractivity contribution >= 4 is 27.4 Å². The molecule has 23 heavy (non-hydrogen) atoms. The Hall–Kier alpha value is -2.19. The van der Waals surface area contributed by atoms with Crippen molar-refractivity contribution in [3.63, 3.8) is 0 Å². The molecule has 0 aliphatic rings. The van der Waals surface area contributed by atoms with E-state index in [0.717, 1.165) is 16.0 Å². The summed E-state index contributed by atoms with van der Waals surface area (Å²) >= 11 is 1.42. The van der Waals surface area contributed by atoms with Gasteiger partial charge < -0.3 is 4.42 Å². The van der Waals surface area contributed by atoms with Crippen molar-refractivity contribution < 1.29 is 12.8 Å². The molecule has 3 aromatic rings. The van der Waals surface area contributed by atoms with Crippen LogP contribution in [-0.2, 0) is 10.0 Å². The van der Waals surface area contributed by atoms with Crippen LogP contribution in [0.4, 0.5) is 6.01 Å². The maximum Gasteiger partial charge on any atom is 0.330 e. The highest BCUT2D eigenvalue weighted by atomic mass is 32.2. The molecule has 0 aliphatic carbocycles. The van der Waals surface area contributed by atoms with Crippen LogP contribution in [0.5, 0.6) is 0 Å². The summed E-state index contributed by atoms with van der Waals surface area (Å²) in [6.07, 6.45) is 0. The molecule has 3 rings (SSSR count). The van der Waals surface area contributed by atoms with E-state index in [0.29, 0.717) is 4.88 Å². The number of thiophene rings is 1. The average Bonchev–Trinajstić information content (AvgIpc) is 3.05. The lowest BCUT2D eigenvalue weighted by atomic mass is 10.1. The van der Waals surface area contributed by atoms with Gasteiger partial charge in [0.25, 0.3) is 10.0 Å². The molecule has 8 heteroatoms. The van der Waals surface area contributed by atoms with E-state index in [9.17, 15) is 8.42 Å². The zero-order chi connectivity index (χ0) is 16.6. The van der Waals surface area contributed by atoms with E-state index in [1.807, 2.05) is 38.1 Å². The van der Waals surface area contributed by atoms with E-state index in [2.05, 4.69) is 14.9 Å². The van der Waals surface area contributed by atoms with Gasteiger partial charge in [0.05, 0.1) is 0 Å². The maximum atomic E-state index is 12.4. The smallest absolute Gasteiger partial charge is 0.330 e. The molecule has 2 heterocycles. The Labute approximate surface area is 138 Å². The standard InChI is InChI=1S/C15H15N3O3S2/c1-9-6-4-5-7-12(9)14-16-17-15(21-14)18-23(19,20)13-8-10(2)22-11(13)3/h4-8H,1-3H3,(H,17,18). The van der Waals surface area contributed by atoms with Gasteiger partial charge in [0.1, 0.15) is 4.90 Å². The Morgan fingerprint density at radius 2 is 1.87 bits per heavy atom. The van der Waals surface area contributed by atoms with E-state index in [1.54, 1.807) is 13.0 Å².